The molecule has 0 saturated carbocycles. The van der Waals surface area contributed by atoms with Gasteiger partial charge in [-0.1, -0.05) is 121 Å². The molecule has 0 saturated heterocycles. The van der Waals surface area contributed by atoms with Gasteiger partial charge in [0.25, 0.3) is 0 Å². The minimum absolute atomic E-state index is 0.660. The molecule has 0 atom stereocenters. The van der Waals surface area contributed by atoms with E-state index in [4.69, 9.17) is 15.0 Å². The van der Waals surface area contributed by atoms with Crippen molar-refractivity contribution >= 4 is 84.8 Å². The van der Waals surface area contributed by atoms with Gasteiger partial charge < -0.3 is 4.57 Å². The summed E-state index contributed by atoms with van der Waals surface area (Å²) in [5, 5.41) is 7.46. The summed E-state index contributed by atoms with van der Waals surface area (Å²) in [4.78, 5) is 15.3. The molecule has 0 amide bonds. The molecule has 4 nitrogen and oxygen atoms in total. The average molecular weight is 763 g/mol. The molecule has 4 heterocycles. The van der Waals surface area contributed by atoms with Crippen LogP contribution in [-0.2, 0) is 0 Å². The van der Waals surface area contributed by atoms with Gasteiger partial charge in [0.2, 0.25) is 0 Å². The lowest BCUT2D eigenvalue weighted by molar-refractivity contribution is 1.08. The topological polar surface area (TPSA) is 43.6 Å². The molecule has 8 aromatic carbocycles. The van der Waals surface area contributed by atoms with E-state index in [-0.39, 0.29) is 0 Å². The Morgan fingerprint density at radius 3 is 1.77 bits per heavy atom. The fourth-order valence-corrected chi connectivity index (χ4v) is 10.7. The van der Waals surface area contributed by atoms with Crippen molar-refractivity contribution in [3.8, 4) is 51.0 Å². The zero-order valence-electron chi connectivity index (χ0n) is 30.4. The summed E-state index contributed by atoms with van der Waals surface area (Å²) in [5.74, 6) is 1.99. The zero-order chi connectivity index (χ0) is 37.5. The van der Waals surface area contributed by atoms with Gasteiger partial charge in [-0.15, -0.1) is 22.7 Å². The van der Waals surface area contributed by atoms with Crippen LogP contribution in [0.25, 0.3) is 113 Å². The van der Waals surface area contributed by atoms with Crippen molar-refractivity contribution in [1.29, 1.82) is 0 Å². The number of benzene rings is 8. The molecule has 0 aliphatic rings. The number of nitrogens with zero attached hydrogens (tertiary/aromatic N) is 4. The molecule has 266 valence electrons. The maximum Gasteiger partial charge on any atom is 0.164 e. The van der Waals surface area contributed by atoms with E-state index in [1.54, 1.807) is 11.3 Å². The minimum Gasteiger partial charge on any atom is -0.309 e. The zero-order valence-corrected chi connectivity index (χ0v) is 32.1. The Kier molecular flexibility index (Phi) is 7.24. The largest absolute Gasteiger partial charge is 0.309 e. The summed E-state index contributed by atoms with van der Waals surface area (Å²) < 4.78 is 7.37. The molecule has 0 bridgehead atoms. The SMILES string of the molecule is c1ccc(-c2nc(-c3ccc4c(c3)sc3ccccc34)nc(-c3ccc4sc5c(-c6ccc7c(c6)c6ccccc6n7-c6ccccc6)cccc5c4c3)n2)cc1. The normalized spacial score (nSPS) is 11.9. The van der Waals surface area contributed by atoms with E-state index in [1.807, 2.05) is 29.5 Å². The van der Waals surface area contributed by atoms with Crippen LogP contribution in [0.3, 0.4) is 0 Å². The Morgan fingerprint density at radius 1 is 0.333 bits per heavy atom. The lowest BCUT2D eigenvalue weighted by atomic mass is 10.00. The van der Waals surface area contributed by atoms with Crippen molar-refractivity contribution in [1.82, 2.24) is 19.5 Å². The number of fused-ring (bicyclic) bond motifs is 9. The predicted molar refractivity (Wildman–Crippen MR) is 242 cm³/mol. The van der Waals surface area contributed by atoms with E-state index in [0.717, 1.165) is 22.4 Å². The highest BCUT2D eigenvalue weighted by Crippen LogP contribution is 2.43. The molecule has 0 unspecified atom stereocenters. The minimum atomic E-state index is 0.660. The van der Waals surface area contributed by atoms with Gasteiger partial charge in [-0.3, -0.25) is 0 Å². The maximum absolute atomic E-state index is 5.16. The van der Waals surface area contributed by atoms with Gasteiger partial charge >= 0.3 is 0 Å². The van der Waals surface area contributed by atoms with Gasteiger partial charge in [0.1, 0.15) is 0 Å². The van der Waals surface area contributed by atoms with Crippen LogP contribution in [0, 0.1) is 0 Å². The summed E-state index contributed by atoms with van der Waals surface area (Å²) in [6, 6.07) is 65.0. The molecule has 0 aliphatic heterocycles. The molecule has 0 radical (unpaired) electrons. The summed E-state index contributed by atoms with van der Waals surface area (Å²) in [6.07, 6.45) is 0. The van der Waals surface area contributed by atoms with Crippen LogP contribution in [0.1, 0.15) is 0 Å². The first kappa shape index (κ1) is 32.3. The summed E-state index contributed by atoms with van der Waals surface area (Å²) in [6.45, 7) is 0. The van der Waals surface area contributed by atoms with Crippen LogP contribution in [-0.4, -0.2) is 19.5 Å². The van der Waals surface area contributed by atoms with E-state index >= 15 is 0 Å². The first-order valence-corrected chi connectivity index (χ1v) is 20.6. The summed E-state index contributed by atoms with van der Waals surface area (Å²) in [5.41, 5.74) is 8.92. The van der Waals surface area contributed by atoms with Crippen molar-refractivity contribution in [2.24, 2.45) is 0 Å². The number of thiophene rings is 2. The van der Waals surface area contributed by atoms with Gasteiger partial charge in [0.05, 0.1) is 11.0 Å². The van der Waals surface area contributed by atoms with Crippen LogP contribution < -0.4 is 0 Å². The quantitative estimate of drug-likeness (QED) is 0.175. The Bertz CT molecular complexity index is 3530. The van der Waals surface area contributed by atoms with Crippen LogP contribution in [0.5, 0.6) is 0 Å². The van der Waals surface area contributed by atoms with Crippen molar-refractivity contribution in [2.75, 3.05) is 0 Å². The molecule has 0 spiro atoms. The monoisotopic (exact) mass is 762 g/mol. The van der Waals surface area contributed by atoms with Crippen LogP contribution in [0.4, 0.5) is 0 Å². The van der Waals surface area contributed by atoms with Gasteiger partial charge in [0.15, 0.2) is 17.5 Å². The third kappa shape index (κ3) is 5.22. The van der Waals surface area contributed by atoms with E-state index in [0.29, 0.717) is 17.5 Å². The number of aromatic nitrogens is 4. The highest BCUT2D eigenvalue weighted by Gasteiger charge is 2.18. The smallest absolute Gasteiger partial charge is 0.164 e. The number of rotatable bonds is 5. The highest BCUT2D eigenvalue weighted by atomic mass is 32.1. The standard InChI is InChI=1S/C51H30N4S2/c1-3-12-31(13-4-1)49-52-50(54-51(53-49)34-22-25-39-38-17-8-10-21-45(38)56-47(39)30-34)33-24-27-46-42(29-33)40-19-11-18-36(48(40)57-46)32-23-26-44-41(28-32)37-16-7-9-20-43(37)55(44)35-14-5-2-6-15-35/h1-30H. The molecule has 0 N–H and O–H groups in total. The molecule has 57 heavy (non-hydrogen) atoms. The third-order valence-corrected chi connectivity index (χ3v) is 13.4. The molecule has 4 aromatic heterocycles. The van der Waals surface area contributed by atoms with Crippen LogP contribution in [0.15, 0.2) is 182 Å². The van der Waals surface area contributed by atoms with Gasteiger partial charge in [0, 0.05) is 73.5 Å². The van der Waals surface area contributed by atoms with E-state index < -0.39 is 0 Å². The molecule has 12 aromatic rings. The van der Waals surface area contributed by atoms with Crippen LogP contribution >= 0.6 is 22.7 Å². The molecular weight excluding hydrogens is 733 g/mol. The fourth-order valence-electron chi connectivity index (χ4n) is 8.38. The maximum atomic E-state index is 5.16. The molecule has 0 fully saturated rings. The van der Waals surface area contributed by atoms with Gasteiger partial charge in [-0.25, -0.2) is 15.0 Å². The van der Waals surface area contributed by atoms with Crippen LogP contribution in [0.2, 0.25) is 0 Å². The summed E-state index contributed by atoms with van der Waals surface area (Å²) in [7, 11) is 0. The molecule has 6 heteroatoms. The summed E-state index contributed by atoms with van der Waals surface area (Å²) >= 11 is 3.65. The van der Waals surface area contributed by atoms with Gasteiger partial charge in [-0.05, 0) is 71.8 Å². The Balaban J connectivity index is 0.997. The number of hydrogen-bond acceptors (Lipinski definition) is 5. The van der Waals surface area contributed by atoms with Crippen molar-refractivity contribution < 1.29 is 0 Å². The second-order valence-electron chi connectivity index (χ2n) is 14.4. The third-order valence-electron chi connectivity index (χ3n) is 11.1. The molecule has 0 aliphatic carbocycles. The average Bonchev–Trinajstić information content (AvgIpc) is 3.95. The fraction of sp³-hybridized carbons (Fsp3) is 0. The predicted octanol–water partition coefficient (Wildman–Crippen LogP) is 14.4. The van der Waals surface area contributed by atoms with E-state index in [9.17, 15) is 0 Å². The highest BCUT2D eigenvalue weighted by molar-refractivity contribution is 7.26. The lowest BCUT2D eigenvalue weighted by Gasteiger charge is -2.09. The first-order chi connectivity index (χ1) is 28.2. The lowest BCUT2D eigenvalue weighted by Crippen LogP contribution is -2.00. The number of para-hydroxylation sites is 2. The molecule has 12 rings (SSSR count). The van der Waals surface area contributed by atoms with Gasteiger partial charge in [-0.2, -0.15) is 0 Å². The van der Waals surface area contributed by atoms with E-state index in [1.165, 1.54) is 73.3 Å². The number of hydrogen-bond donors (Lipinski definition) is 0. The van der Waals surface area contributed by atoms with Crippen molar-refractivity contribution in [3.63, 3.8) is 0 Å². The second-order valence-corrected chi connectivity index (χ2v) is 16.5. The van der Waals surface area contributed by atoms with Crippen molar-refractivity contribution in [2.45, 2.75) is 0 Å². The Morgan fingerprint density at radius 2 is 0.930 bits per heavy atom. The Labute approximate surface area is 335 Å². The first-order valence-electron chi connectivity index (χ1n) is 19.0. The molecular formula is C51H30N4S2. The second kappa shape index (κ2) is 12.8. The van der Waals surface area contributed by atoms with Crippen molar-refractivity contribution in [3.05, 3.63) is 182 Å². The Hall–Kier alpha value is -6.99. The van der Waals surface area contributed by atoms with E-state index in [2.05, 4.69) is 168 Å².